The fourth-order valence-corrected chi connectivity index (χ4v) is 3.06. The van der Waals surface area contributed by atoms with Crippen molar-refractivity contribution in [1.29, 1.82) is 0 Å². The van der Waals surface area contributed by atoms with E-state index in [1.54, 1.807) is 0 Å². The van der Waals surface area contributed by atoms with E-state index < -0.39 is 0 Å². The van der Waals surface area contributed by atoms with Crippen LogP contribution >= 0.6 is 15.9 Å². The highest BCUT2D eigenvalue weighted by Gasteiger charge is 2.30. The van der Waals surface area contributed by atoms with Gasteiger partial charge in [-0.2, -0.15) is 0 Å². The molecule has 1 aromatic heterocycles. The van der Waals surface area contributed by atoms with Crippen LogP contribution in [0.4, 0.5) is 0 Å². The molecule has 0 bridgehead atoms. The zero-order chi connectivity index (χ0) is 12.7. The first-order valence-electron chi connectivity index (χ1n) is 6.83. The topological polar surface area (TPSA) is 34.0 Å². The molecule has 0 radical (unpaired) electrons. The number of carbonyl (C=O) groups excluding carboxylic acids is 1. The average molecular weight is 311 g/mol. The molecule has 1 atom stereocenters. The smallest absolute Gasteiger partial charge is 0.268 e. The molecule has 2 saturated carbocycles. The maximum atomic E-state index is 12.3. The third-order valence-corrected chi connectivity index (χ3v) is 4.64. The van der Waals surface area contributed by atoms with Crippen molar-refractivity contribution in [2.45, 2.75) is 51.1 Å². The minimum Gasteiger partial charge on any atom is -0.348 e. The SMILES string of the molecule is CC(NC(=O)c1cc(Br)cn1C1CC1)C1CCC1. The summed E-state index contributed by atoms with van der Waals surface area (Å²) in [6.07, 6.45) is 8.25. The Bertz CT molecular complexity index is 460. The van der Waals surface area contributed by atoms with Crippen LogP contribution in [-0.2, 0) is 0 Å². The Labute approximate surface area is 116 Å². The van der Waals surface area contributed by atoms with Crippen molar-refractivity contribution in [2.75, 3.05) is 0 Å². The minimum atomic E-state index is 0.0759. The van der Waals surface area contributed by atoms with E-state index in [2.05, 4.69) is 32.7 Å². The van der Waals surface area contributed by atoms with Gasteiger partial charge in [-0.05, 0) is 60.5 Å². The number of aromatic nitrogens is 1. The highest BCUT2D eigenvalue weighted by atomic mass is 79.9. The highest BCUT2D eigenvalue weighted by molar-refractivity contribution is 9.10. The maximum absolute atomic E-state index is 12.3. The Balaban J connectivity index is 1.71. The molecule has 0 aliphatic heterocycles. The van der Waals surface area contributed by atoms with Crippen molar-refractivity contribution in [1.82, 2.24) is 9.88 Å². The van der Waals surface area contributed by atoms with E-state index >= 15 is 0 Å². The molecule has 18 heavy (non-hydrogen) atoms. The van der Waals surface area contributed by atoms with E-state index in [1.165, 1.54) is 32.1 Å². The van der Waals surface area contributed by atoms with Gasteiger partial charge in [0, 0.05) is 22.8 Å². The van der Waals surface area contributed by atoms with E-state index in [-0.39, 0.29) is 5.91 Å². The van der Waals surface area contributed by atoms with Gasteiger partial charge in [0.2, 0.25) is 0 Å². The van der Waals surface area contributed by atoms with Gasteiger partial charge in [-0.25, -0.2) is 0 Å². The molecule has 0 saturated heterocycles. The lowest BCUT2D eigenvalue weighted by atomic mass is 9.80. The minimum absolute atomic E-state index is 0.0759. The second-order valence-electron chi connectivity index (χ2n) is 5.64. The summed E-state index contributed by atoms with van der Waals surface area (Å²) in [6.45, 7) is 2.13. The molecule has 1 amide bonds. The molecule has 2 fully saturated rings. The Kier molecular flexibility index (Phi) is 3.22. The monoisotopic (exact) mass is 310 g/mol. The Morgan fingerprint density at radius 2 is 2.17 bits per heavy atom. The molecule has 2 aliphatic rings. The molecule has 1 N–H and O–H groups in total. The summed E-state index contributed by atoms with van der Waals surface area (Å²) >= 11 is 3.47. The van der Waals surface area contributed by atoms with Crippen molar-refractivity contribution in [2.24, 2.45) is 5.92 Å². The van der Waals surface area contributed by atoms with Gasteiger partial charge >= 0.3 is 0 Å². The van der Waals surface area contributed by atoms with E-state index in [4.69, 9.17) is 0 Å². The maximum Gasteiger partial charge on any atom is 0.268 e. The van der Waals surface area contributed by atoms with Crippen LogP contribution in [0.3, 0.4) is 0 Å². The van der Waals surface area contributed by atoms with E-state index in [0.29, 0.717) is 18.0 Å². The van der Waals surface area contributed by atoms with Crippen LogP contribution in [0, 0.1) is 5.92 Å². The summed E-state index contributed by atoms with van der Waals surface area (Å²) < 4.78 is 3.11. The van der Waals surface area contributed by atoms with Crippen molar-refractivity contribution in [3.8, 4) is 0 Å². The van der Waals surface area contributed by atoms with Crippen molar-refractivity contribution in [3.63, 3.8) is 0 Å². The molecule has 4 heteroatoms. The van der Waals surface area contributed by atoms with Gasteiger partial charge in [0.15, 0.2) is 0 Å². The number of carbonyl (C=O) groups is 1. The van der Waals surface area contributed by atoms with Gasteiger partial charge in [0.1, 0.15) is 5.69 Å². The number of halogens is 1. The Hall–Kier alpha value is -0.770. The molecule has 98 valence electrons. The Morgan fingerprint density at radius 1 is 1.44 bits per heavy atom. The molecule has 3 nitrogen and oxygen atoms in total. The first-order chi connectivity index (χ1) is 8.65. The van der Waals surface area contributed by atoms with Gasteiger partial charge in [-0.3, -0.25) is 4.79 Å². The fraction of sp³-hybridized carbons (Fsp3) is 0.643. The van der Waals surface area contributed by atoms with Crippen LogP contribution in [0.25, 0.3) is 0 Å². The second-order valence-corrected chi connectivity index (χ2v) is 6.55. The first kappa shape index (κ1) is 12.3. The van der Waals surface area contributed by atoms with Crippen LogP contribution in [0.1, 0.15) is 55.6 Å². The zero-order valence-electron chi connectivity index (χ0n) is 10.7. The second kappa shape index (κ2) is 4.72. The molecular formula is C14H19BrN2O. The number of rotatable bonds is 4. The molecule has 1 aromatic rings. The van der Waals surface area contributed by atoms with Crippen LogP contribution in [0.5, 0.6) is 0 Å². The fourth-order valence-electron chi connectivity index (χ4n) is 2.62. The predicted octanol–water partition coefficient (Wildman–Crippen LogP) is 3.50. The largest absolute Gasteiger partial charge is 0.348 e. The first-order valence-corrected chi connectivity index (χ1v) is 7.62. The normalized spacial score (nSPS) is 21.4. The van der Waals surface area contributed by atoms with Gasteiger partial charge in [0.25, 0.3) is 5.91 Å². The Morgan fingerprint density at radius 3 is 2.72 bits per heavy atom. The summed E-state index contributed by atoms with van der Waals surface area (Å²) in [5, 5.41) is 3.15. The number of hydrogen-bond acceptors (Lipinski definition) is 1. The number of nitrogens with one attached hydrogen (secondary N) is 1. The third kappa shape index (κ3) is 2.35. The highest BCUT2D eigenvalue weighted by Crippen LogP contribution is 2.37. The van der Waals surface area contributed by atoms with Gasteiger partial charge < -0.3 is 9.88 Å². The van der Waals surface area contributed by atoms with Crippen LogP contribution in [-0.4, -0.2) is 16.5 Å². The summed E-state index contributed by atoms with van der Waals surface area (Å²) in [6, 6.07) is 2.77. The molecule has 1 heterocycles. The molecule has 0 aromatic carbocycles. The van der Waals surface area contributed by atoms with Gasteiger partial charge in [-0.15, -0.1) is 0 Å². The number of hydrogen-bond donors (Lipinski definition) is 1. The quantitative estimate of drug-likeness (QED) is 0.907. The van der Waals surface area contributed by atoms with Crippen molar-refractivity contribution in [3.05, 3.63) is 22.4 Å². The standard InChI is InChI=1S/C14H19BrN2O/c1-9(10-3-2-4-10)16-14(18)13-7-11(15)8-17(13)12-5-6-12/h7-10,12H,2-6H2,1H3,(H,16,18). The third-order valence-electron chi connectivity index (χ3n) is 4.20. The summed E-state index contributed by atoms with van der Waals surface area (Å²) in [4.78, 5) is 12.3. The lowest BCUT2D eigenvalue weighted by Crippen LogP contribution is -2.41. The van der Waals surface area contributed by atoms with E-state index in [9.17, 15) is 4.79 Å². The number of amides is 1. The lowest BCUT2D eigenvalue weighted by molar-refractivity contribution is 0.0899. The number of nitrogens with zero attached hydrogens (tertiary/aromatic N) is 1. The lowest BCUT2D eigenvalue weighted by Gasteiger charge is -2.31. The van der Waals surface area contributed by atoms with Crippen molar-refractivity contribution < 1.29 is 4.79 Å². The summed E-state index contributed by atoms with van der Waals surface area (Å²) in [5.41, 5.74) is 0.801. The molecule has 0 spiro atoms. The van der Waals surface area contributed by atoms with E-state index in [1.807, 2.05) is 12.3 Å². The summed E-state index contributed by atoms with van der Waals surface area (Å²) in [7, 11) is 0. The zero-order valence-corrected chi connectivity index (χ0v) is 12.2. The molecule has 3 rings (SSSR count). The van der Waals surface area contributed by atoms with Gasteiger partial charge in [-0.1, -0.05) is 6.42 Å². The summed E-state index contributed by atoms with van der Waals surface area (Å²) in [5.74, 6) is 0.758. The van der Waals surface area contributed by atoms with Crippen LogP contribution in [0.2, 0.25) is 0 Å². The van der Waals surface area contributed by atoms with Crippen molar-refractivity contribution >= 4 is 21.8 Å². The predicted molar refractivity (Wildman–Crippen MR) is 74.7 cm³/mol. The average Bonchev–Trinajstić information content (AvgIpc) is 2.99. The molecule has 1 unspecified atom stereocenters. The van der Waals surface area contributed by atoms with Crippen LogP contribution < -0.4 is 5.32 Å². The molecule has 2 aliphatic carbocycles. The van der Waals surface area contributed by atoms with Crippen LogP contribution in [0.15, 0.2) is 16.7 Å². The van der Waals surface area contributed by atoms with Gasteiger partial charge in [0.05, 0.1) is 0 Å². The van der Waals surface area contributed by atoms with E-state index in [0.717, 1.165) is 10.2 Å². The molecular weight excluding hydrogens is 292 g/mol.